The first-order chi connectivity index (χ1) is 13.8. The van der Waals surface area contributed by atoms with E-state index < -0.39 is 0 Å². The van der Waals surface area contributed by atoms with Crippen molar-refractivity contribution in [2.75, 3.05) is 59.9 Å². The zero-order valence-corrected chi connectivity index (χ0v) is 18.2. The van der Waals surface area contributed by atoms with Gasteiger partial charge < -0.3 is 24.4 Å². The number of anilines is 1. The highest BCUT2D eigenvalue weighted by molar-refractivity contribution is 5.98. The molecule has 1 N–H and O–H groups in total. The Morgan fingerprint density at radius 3 is 2.62 bits per heavy atom. The summed E-state index contributed by atoms with van der Waals surface area (Å²) in [7, 11) is 6.96. The fourth-order valence-corrected chi connectivity index (χ4v) is 3.36. The average Bonchev–Trinajstić information content (AvgIpc) is 2.68. The third-order valence-corrected chi connectivity index (χ3v) is 5.32. The molecule has 0 saturated carbocycles. The van der Waals surface area contributed by atoms with Crippen molar-refractivity contribution in [3.63, 3.8) is 0 Å². The normalized spacial score (nSPS) is 24.1. The van der Waals surface area contributed by atoms with Gasteiger partial charge in [-0.05, 0) is 32.0 Å². The van der Waals surface area contributed by atoms with Crippen LogP contribution in [0.3, 0.4) is 0 Å². The van der Waals surface area contributed by atoms with Crippen molar-refractivity contribution in [3.05, 3.63) is 23.8 Å². The van der Waals surface area contributed by atoms with Crippen LogP contribution in [0.2, 0.25) is 0 Å². The Balaban J connectivity index is 2.35. The zero-order chi connectivity index (χ0) is 21.6. The van der Waals surface area contributed by atoms with Gasteiger partial charge in [0.05, 0.1) is 11.7 Å². The van der Waals surface area contributed by atoms with Crippen molar-refractivity contribution in [2.24, 2.45) is 5.92 Å². The van der Waals surface area contributed by atoms with E-state index in [2.05, 4.69) is 31.1 Å². The van der Waals surface area contributed by atoms with Crippen molar-refractivity contribution in [1.29, 1.82) is 0 Å². The van der Waals surface area contributed by atoms with Gasteiger partial charge in [-0.15, -0.1) is 0 Å². The van der Waals surface area contributed by atoms with Crippen molar-refractivity contribution in [3.8, 4) is 5.75 Å². The highest BCUT2D eigenvalue weighted by Crippen LogP contribution is 2.26. The lowest BCUT2D eigenvalue weighted by molar-refractivity contribution is -0.119. The predicted molar refractivity (Wildman–Crippen MR) is 111 cm³/mol. The molecule has 2 rings (SSSR count). The van der Waals surface area contributed by atoms with Crippen molar-refractivity contribution >= 4 is 17.5 Å². The van der Waals surface area contributed by atoms with Crippen molar-refractivity contribution in [2.45, 2.75) is 26.0 Å². The Bertz CT molecular complexity index is 712. The van der Waals surface area contributed by atoms with E-state index in [1.54, 1.807) is 37.3 Å². The van der Waals surface area contributed by atoms with Gasteiger partial charge in [-0.25, -0.2) is 0 Å². The Labute approximate surface area is 173 Å². The second kappa shape index (κ2) is 10.6. The molecule has 2 amide bonds. The first-order valence-electron chi connectivity index (χ1n) is 9.80. The summed E-state index contributed by atoms with van der Waals surface area (Å²) < 4.78 is 16.5. The summed E-state index contributed by atoms with van der Waals surface area (Å²) in [5.74, 6) is 0.277. The average molecular weight is 408 g/mol. The molecule has 162 valence electrons. The van der Waals surface area contributed by atoms with E-state index >= 15 is 0 Å². The monoisotopic (exact) mass is 407 g/mol. The molecule has 29 heavy (non-hydrogen) atoms. The molecule has 3 atom stereocenters. The van der Waals surface area contributed by atoms with Crippen LogP contribution in [0, 0.1) is 5.92 Å². The Hall–Kier alpha value is -2.16. The molecule has 1 aromatic carbocycles. The number of amides is 2. The maximum atomic E-state index is 13.1. The van der Waals surface area contributed by atoms with E-state index in [-0.39, 0.29) is 36.5 Å². The molecule has 0 unspecified atom stereocenters. The standard InChI is InChI=1S/C21H33N3O5/c1-14-10-23(3)15(2)12-29-18-9-16(22-20(25)13-27-5)7-8-17(18)21(26)24(4)11-19(14)28-6/h7-9,14-15,19H,10-13H2,1-6H3,(H,22,25)/t14-,15-,19-/m0/s1. The largest absolute Gasteiger partial charge is 0.491 e. The summed E-state index contributed by atoms with van der Waals surface area (Å²) in [6.45, 7) is 5.89. The first-order valence-corrected chi connectivity index (χ1v) is 9.80. The first kappa shape index (κ1) is 23.1. The van der Waals surface area contributed by atoms with Gasteiger partial charge >= 0.3 is 0 Å². The second-order valence-corrected chi connectivity index (χ2v) is 7.73. The predicted octanol–water partition coefficient (Wildman–Crippen LogP) is 1.71. The summed E-state index contributed by atoms with van der Waals surface area (Å²) in [5, 5.41) is 2.75. The lowest BCUT2D eigenvalue weighted by Crippen LogP contribution is -2.45. The van der Waals surface area contributed by atoms with Crippen LogP contribution in [-0.4, -0.2) is 88.4 Å². The molecule has 0 saturated heterocycles. The number of nitrogens with zero attached hydrogens (tertiary/aromatic N) is 2. The number of likely N-dealkylation sites (N-methyl/N-ethyl adjacent to an activating group) is 2. The highest BCUT2D eigenvalue weighted by Gasteiger charge is 2.27. The third-order valence-electron chi connectivity index (χ3n) is 5.32. The van der Waals surface area contributed by atoms with E-state index in [0.29, 0.717) is 30.2 Å². The van der Waals surface area contributed by atoms with Crippen LogP contribution in [0.25, 0.3) is 0 Å². The summed E-state index contributed by atoms with van der Waals surface area (Å²) in [4.78, 5) is 28.8. The van der Waals surface area contributed by atoms with Crippen LogP contribution < -0.4 is 10.1 Å². The molecule has 0 fully saturated rings. The molecule has 0 aliphatic carbocycles. The summed E-state index contributed by atoms with van der Waals surface area (Å²) in [5.41, 5.74) is 1.01. The van der Waals surface area contributed by atoms with Crippen LogP contribution in [-0.2, 0) is 14.3 Å². The van der Waals surface area contributed by atoms with E-state index in [4.69, 9.17) is 14.2 Å². The molecule has 8 nitrogen and oxygen atoms in total. The minimum absolute atomic E-state index is 0.0436. The SMILES string of the molecule is COCC(=O)Nc1ccc2c(c1)OC[C@H](C)N(C)C[C@H](C)[C@@H](OC)CN(C)C2=O. The van der Waals surface area contributed by atoms with Gasteiger partial charge in [-0.1, -0.05) is 6.92 Å². The van der Waals surface area contributed by atoms with Gasteiger partial charge in [0.25, 0.3) is 5.91 Å². The Kier molecular flexibility index (Phi) is 8.43. The quantitative estimate of drug-likeness (QED) is 0.819. The lowest BCUT2D eigenvalue weighted by Gasteiger charge is -2.34. The molecular weight excluding hydrogens is 374 g/mol. The molecule has 1 aliphatic heterocycles. The zero-order valence-electron chi connectivity index (χ0n) is 18.2. The minimum atomic E-state index is -0.269. The number of rotatable bonds is 4. The number of hydrogen-bond donors (Lipinski definition) is 1. The van der Waals surface area contributed by atoms with Crippen molar-refractivity contribution in [1.82, 2.24) is 9.80 Å². The number of benzene rings is 1. The summed E-state index contributed by atoms with van der Waals surface area (Å²) >= 11 is 0. The molecule has 1 aliphatic rings. The van der Waals surface area contributed by atoms with E-state index in [9.17, 15) is 9.59 Å². The maximum Gasteiger partial charge on any atom is 0.257 e. The van der Waals surface area contributed by atoms with Gasteiger partial charge in [-0.2, -0.15) is 0 Å². The van der Waals surface area contributed by atoms with Gasteiger partial charge in [0, 0.05) is 52.2 Å². The molecule has 0 radical (unpaired) electrons. The highest BCUT2D eigenvalue weighted by atomic mass is 16.5. The van der Waals surface area contributed by atoms with Crippen LogP contribution in [0.4, 0.5) is 5.69 Å². The molecular formula is C21H33N3O5. The molecule has 0 bridgehead atoms. The lowest BCUT2D eigenvalue weighted by atomic mass is 10.0. The Morgan fingerprint density at radius 1 is 1.24 bits per heavy atom. The molecule has 0 spiro atoms. The maximum absolute atomic E-state index is 13.1. The number of hydrogen-bond acceptors (Lipinski definition) is 6. The Morgan fingerprint density at radius 2 is 1.97 bits per heavy atom. The summed E-state index contributed by atoms with van der Waals surface area (Å²) in [6.07, 6.45) is -0.0741. The number of carbonyl (C=O) groups excluding carboxylic acids is 2. The van der Waals surface area contributed by atoms with E-state index in [0.717, 1.165) is 6.54 Å². The van der Waals surface area contributed by atoms with Crippen LogP contribution in [0.1, 0.15) is 24.2 Å². The van der Waals surface area contributed by atoms with Crippen LogP contribution >= 0.6 is 0 Å². The minimum Gasteiger partial charge on any atom is -0.491 e. The number of ether oxygens (including phenoxy) is 3. The van der Waals surface area contributed by atoms with Gasteiger partial charge in [0.15, 0.2) is 0 Å². The number of methoxy groups -OCH3 is 2. The van der Waals surface area contributed by atoms with Crippen LogP contribution in [0.15, 0.2) is 18.2 Å². The fourth-order valence-electron chi connectivity index (χ4n) is 3.36. The van der Waals surface area contributed by atoms with Gasteiger partial charge in [0.2, 0.25) is 5.91 Å². The number of fused-ring (bicyclic) bond motifs is 1. The van der Waals surface area contributed by atoms with E-state index in [1.165, 1.54) is 7.11 Å². The molecule has 8 heteroatoms. The molecule has 1 aromatic rings. The van der Waals surface area contributed by atoms with Gasteiger partial charge in [-0.3, -0.25) is 14.5 Å². The number of nitrogens with one attached hydrogen (secondary N) is 1. The fraction of sp³-hybridized carbons (Fsp3) is 0.619. The second-order valence-electron chi connectivity index (χ2n) is 7.73. The topological polar surface area (TPSA) is 80.3 Å². The third kappa shape index (κ3) is 6.16. The number of carbonyl (C=O) groups is 2. The smallest absolute Gasteiger partial charge is 0.257 e. The summed E-state index contributed by atoms with van der Waals surface area (Å²) in [6, 6.07) is 5.20. The molecule has 0 aromatic heterocycles. The molecule has 1 heterocycles. The van der Waals surface area contributed by atoms with Crippen molar-refractivity contribution < 1.29 is 23.8 Å². The van der Waals surface area contributed by atoms with Crippen LogP contribution in [0.5, 0.6) is 5.75 Å². The van der Waals surface area contributed by atoms with Gasteiger partial charge in [0.1, 0.15) is 19.0 Å². The van der Waals surface area contributed by atoms with E-state index in [1.807, 2.05) is 0 Å².